The average Bonchev–Trinajstić information content (AvgIpc) is 3.29. The van der Waals surface area contributed by atoms with Gasteiger partial charge in [-0.2, -0.15) is 0 Å². The zero-order chi connectivity index (χ0) is 15.5. The van der Waals surface area contributed by atoms with E-state index in [1.807, 2.05) is 35.7 Å². The van der Waals surface area contributed by atoms with E-state index in [9.17, 15) is 9.59 Å². The van der Waals surface area contributed by atoms with Gasteiger partial charge in [0.25, 0.3) is 0 Å². The van der Waals surface area contributed by atoms with Crippen LogP contribution < -0.4 is 5.32 Å². The molecule has 114 valence electrons. The van der Waals surface area contributed by atoms with E-state index in [0.717, 1.165) is 24.0 Å². The molecular weight excluding hydrogens is 298 g/mol. The molecule has 1 aromatic carbocycles. The number of carbonyl (C=O) groups is 2. The summed E-state index contributed by atoms with van der Waals surface area (Å²) in [5.41, 5.74) is 2.47. The Bertz CT molecular complexity index is 689. The number of benzene rings is 1. The quantitative estimate of drug-likeness (QED) is 0.858. The predicted molar refractivity (Wildman–Crippen MR) is 86.4 cm³/mol. The summed E-state index contributed by atoms with van der Waals surface area (Å²) in [5, 5.41) is 5.41. The summed E-state index contributed by atoms with van der Waals surface area (Å²) < 4.78 is 4.87. The maximum absolute atomic E-state index is 12.2. The molecule has 1 fully saturated rings. The molecule has 1 aliphatic rings. The highest BCUT2D eigenvalue weighted by Crippen LogP contribution is 2.46. The fourth-order valence-electron chi connectivity index (χ4n) is 2.42. The molecule has 22 heavy (non-hydrogen) atoms. The number of ether oxygens (including phenoxy) is 1. The SMILES string of the molecule is COC(=O)c1c(C2CC2)csc1NC(=O)Cc1ccccc1. The van der Waals surface area contributed by atoms with Gasteiger partial charge in [-0.05, 0) is 35.3 Å². The first kappa shape index (κ1) is 14.8. The van der Waals surface area contributed by atoms with Gasteiger partial charge < -0.3 is 10.1 Å². The van der Waals surface area contributed by atoms with Crippen LogP contribution in [-0.2, 0) is 16.0 Å². The topological polar surface area (TPSA) is 55.4 Å². The number of rotatable bonds is 5. The third-order valence-corrected chi connectivity index (χ3v) is 4.60. The van der Waals surface area contributed by atoms with Crippen LogP contribution in [0, 0.1) is 0 Å². The Hall–Kier alpha value is -2.14. The Labute approximate surface area is 133 Å². The molecule has 1 amide bonds. The van der Waals surface area contributed by atoms with E-state index in [4.69, 9.17) is 4.74 Å². The minimum atomic E-state index is -0.377. The van der Waals surface area contributed by atoms with Gasteiger partial charge in [-0.15, -0.1) is 11.3 Å². The molecule has 0 atom stereocenters. The van der Waals surface area contributed by atoms with Crippen LogP contribution in [0.5, 0.6) is 0 Å². The summed E-state index contributed by atoms with van der Waals surface area (Å²) in [7, 11) is 1.37. The number of thiophene rings is 1. The maximum Gasteiger partial charge on any atom is 0.341 e. The van der Waals surface area contributed by atoms with E-state index in [0.29, 0.717) is 16.5 Å². The van der Waals surface area contributed by atoms with E-state index in [1.165, 1.54) is 18.4 Å². The molecule has 0 radical (unpaired) electrons. The zero-order valence-electron chi connectivity index (χ0n) is 12.3. The molecule has 3 rings (SSSR count). The number of anilines is 1. The number of amides is 1. The highest BCUT2D eigenvalue weighted by Gasteiger charge is 2.32. The molecule has 0 bridgehead atoms. The van der Waals surface area contributed by atoms with Crippen LogP contribution in [0.25, 0.3) is 0 Å². The lowest BCUT2D eigenvalue weighted by Gasteiger charge is -2.07. The summed E-state index contributed by atoms with van der Waals surface area (Å²) in [6, 6.07) is 9.53. The lowest BCUT2D eigenvalue weighted by atomic mass is 10.1. The van der Waals surface area contributed by atoms with Gasteiger partial charge in [-0.3, -0.25) is 4.79 Å². The largest absolute Gasteiger partial charge is 0.465 e. The normalized spacial score (nSPS) is 13.7. The summed E-state index contributed by atoms with van der Waals surface area (Å²) in [6.45, 7) is 0. The van der Waals surface area contributed by atoms with Crippen molar-refractivity contribution in [3.63, 3.8) is 0 Å². The van der Waals surface area contributed by atoms with Crippen molar-refractivity contribution in [1.29, 1.82) is 0 Å². The van der Waals surface area contributed by atoms with Gasteiger partial charge >= 0.3 is 5.97 Å². The van der Waals surface area contributed by atoms with Crippen molar-refractivity contribution in [3.05, 3.63) is 52.4 Å². The van der Waals surface area contributed by atoms with Gasteiger partial charge in [0.1, 0.15) is 5.00 Å². The van der Waals surface area contributed by atoms with Crippen molar-refractivity contribution >= 4 is 28.2 Å². The Morgan fingerprint density at radius 3 is 2.64 bits per heavy atom. The van der Waals surface area contributed by atoms with Gasteiger partial charge in [-0.25, -0.2) is 4.79 Å². The van der Waals surface area contributed by atoms with E-state index in [2.05, 4.69) is 5.32 Å². The van der Waals surface area contributed by atoms with Crippen LogP contribution in [-0.4, -0.2) is 19.0 Å². The molecule has 4 nitrogen and oxygen atoms in total. The third-order valence-electron chi connectivity index (χ3n) is 3.69. The molecule has 1 aromatic heterocycles. The van der Waals surface area contributed by atoms with Crippen molar-refractivity contribution in [3.8, 4) is 0 Å². The minimum absolute atomic E-state index is 0.124. The van der Waals surface area contributed by atoms with Crippen molar-refractivity contribution in [2.45, 2.75) is 25.2 Å². The highest BCUT2D eigenvalue weighted by atomic mass is 32.1. The monoisotopic (exact) mass is 315 g/mol. The zero-order valence-corrected chi connectivity index (χ0v) is 13.1. The van der Waals surface area contributed by atoms with Crippen LogP contribution in [0.4, 0.5) is 5.00 Å². The Kier molecular flexibility index (Phi) is 4.24. The van der Waals surface area contributed by atoms with Crippen LogP contribution >= 0.6 is 11.3 Å². The lowest BCUT2D eigenvalue weighted by molar-refractivity contribution is -0.115. The fourth-order valence-corrected chi connectivity index (χ4v) is 3.47. The second-order valence-electron chi connectivity index (χ2n) is 5.37. The first-order valence-electron chi connectivity index (χ1n) is 7.22. The number of hydrogen-bond acceptors (Lipinski definition) is 4. The molecule has 0 unspecified atom stereocenters. The van der Waals surface area contributed by atoms with Crippen LogP contribution in [0.15, 0.2) is 35.7 Å². The van der Waals surface area contributed by atoms with Gasteiger partial charge in [0.05, 0.1) is 19.1 Å². The molecular formula is C17H17NO3S. The smallest absolute Gasteiger partial charge is 0.341 e. The minimum Gasteiger partial charge on any atom is -0.465 e. The second kappa shape index (κ2) is 6.32. The van der Waals surface area contributed by atoms with Crippen LogP contribution in [0.2, 0.25) is 0 Å². The molecule has 1 N–H and O–H groups in total. The van der Waals surface area contributed by atoms with Gasteiger partial charge in [-0.1, -0.05) is 30.3 Å². The second-order valence-corrected chi connectivity index (χ2v) is 6.25. The summed E-state index contributed by atoms with van der Waals surface area (Å²) in [4.78, 5) is 24.2. The Balaban J connectivity index is 1.77. The molecule has 1 saturated carbocycles. The van der Waals surface area contributed by atoms with E-state index < -0.39 is 0 Å². The van der Waals surface area contributed by atoms with Crippen molar-refractivity contribution in [1.82, 2.24) is 0 Å². The maximum atomic E-state index is 12.2. The van der Waals surface area contributed by atoms with Gasteiger partial charge in [0, 0.05) is 0 Å². The molecule has 1 aliphatic carbocycles. The summed E-state index contributed by atoms with van der Waals surface area (Å²) in [6.07, 6.45) is 2.48. The number of nitrogens with one attached hydrogen (secondary N) is 1. The van der Waals surface area contributed by atoms with Crippen molar-refractivity contribution < 1.29 is 14.3 Å². The number of esters is 1. The van der Waals surface area contributed by atoms with Crippen LogP contribution in [0.3, 0.4) is 0 Å². The summed E-state index contributed by atoms with van der Waals surface area (Å²) >= 11 is 1.39. The Morgan fingerprint density at radius 1 is 1.27 bits per heavy atom. The van der Waals surface area contributed by atoms with Crippen LogP contribution in [0.1, 0.15) is 40.2 Å². The Morgan fingerprint density at radius 2 is 2.00 bits per heavy atom. The fraction of sp³-hybridized carbons (Fsp3) is 0.294. The first-order valence-corrected chi connectivity index (χ1v) is 8.10. The van der Waals surface area contributed by atoms with E-state index in [-0.39, 0.29) is 18.3 Å². The first-order chi connectivity index (χ1) is 10.7. The predicted octanol–water partition coefficient (Wildman–Crippen LogP) is 3.59. The number of carbonyl (C=O) groups excluding carboxylic acids is 2. The van der Waals surface area contributed by atoms with Crippen molar-refractivity contribution in [2.75, 3.05) is 12.4 Å². The lowest BCUT2D eigenvalue weighted by Crippen LogP contribution is -2.16. The van der Waals surface area contributed by atoms with E-state index in [1.54, 1.807) is 0 Å². The standard InChI is InChI=1S/C17H17NO3S/c1-21-17(20)15-13(12-7-8-12)10-22-16(15)18-14(19)9-11-5-3-2-4-6-11/h2-6,10,12H,7-9H2,1H3,(H,18,19). The highest BCUT2D eigenvalue weighted by molar-refractivity contribution is 7.15. The molecule has 1 heterocycles. The van der Waals surface area contributed by atoms with Gasteiger partial charge in [0.15, 0.2) is 0 Å². The summed E-state index contributed by atoms with van der Waals surface area (Å²) in [5.74, 6) is -0.0659. The van der Waals surface area contributed by atoms with Crippen molar-refractivity contribution in [2.24, 2.45) is 0 Å². The average molecular weight is 315 g/mol. The molecule has 0 aliphatic heterocycles. The van der Waals surface area contributed by atoms with E-state index >= 15 is 0 Å². The molecule has 5 heteroatoms. The molecule has 2 aromatic rings. The molecule has 0 spiro atoms. The van der Waals surface area contributed by atoms with Gasteiger partial charge in [0.2, 0.25) is 5.91 Å². The molecule has 0 saturated heterocycles. The third kappa shape index (κ3) is 3.20. The number of methoxy groups -OCH3 is 1. The number of hydrogen-bond donors (Lipinski definition) is 1.